The third-order valence-electron chi connectivity index (χ3n) is 2.30. The zero-order valence-corrected chi connectivity index (χ0v) is 9.78. The highest BCUT2D eigenvalue weighted by Crippen LogP contribution is 2.32. The predicted molar refractivity (Wildman–Crippen MR) is 67.8 cm³/mol. The molecule has 3 nitrogen and oxygen atoms in total. The number of benzene rings is 1. The van der Waals surface area contributed by atoms with Crippen molar-refractivity contribution in [3.05, 3.63) is 47.6 Å². The minimum absolute atomic E-state index is 0.314. The number of aromatic nitrogens is 1. The SMILES string of the molecule is C=CCOc1c(C=O)cc(Cl)c2cccnc12. The summed E-state index contributed by atoms with van der Waals surface area (Å²) in [6.07, 6.45) is 3.95. The Morgan fingerprint density at radius 2 is 2.35 bits per heavy atom. The highest BCUT2D eigenvalue weighted by Gasteiger charge is 2.12. The lowest BCUT2D eigenvalue weighted by Crippen LogP contribution is -1.99. The zero-order chi connectivity index (χ0) is 12.3. The quantitative estimate of drug-likeness (QED) is 0.615. The minimum Gasteiger partial charge on any atom is -0.486 e. The second-order valence-electron chi connectivity index (χ2n) is 3.39. The molecule has 1 aromatic heterocycles. The van der Waals surface area contributed by atoms with E-state index in [1.54, 1.807) is 24.4 Å². The fourth-order valence-corrected chi connectivity index (χ4v) is 1.85. The van der Waals surface area contributed by atoms with Crippen LogP contribution in [0.15, 0.2) is 37.1 Å². The molecule has 0 saturated heterocycles. The van der Waals surface area contributed by atoms with Crippen molar-refractivity contribution in [2.45, 2.75) is 0 Å². The van der Waals surface area contributed by atoms with Crippen LogP contribution in [0.3, 0.4) is 0 Å². The predicted octanol–water partition coefficient (Wildman–Crippen LogP) is 3.27. The summed E-state index contributed by atoms with van der Waals surface area (Å²) in [5, 5.41) is 1.25. The van der Waals surface area contributed by atoms with E-state index in [1.807, 2.05) is 6.07 Å². The molecule has 0 aliphatic rings. The van der Waals surface area contributed by atoms with Crippen LogP contribution in [0, 0.1) is 0 Å². The van der Waals surface area contributed by atoms with E-state index in [2.05, 4.69) is 11.6 Å². The Labute approximate surface area is 104 Å². The summed E-state index contributed by atoms with van der Waals surface area (Å²) in [7, 11) is 0. The van der Waals surface area contributed by atoms with Crippen molar-refractivity contribution in [3.8, 4) is 5.75 Å². The molecule has 2 rings (SSSR count). The number of pyridine rings is 1. The van der Waals surface area contributed by atoms with E-state index in [0.29, 0.717) is 34.7 Å². The van der Waals surface area contributed by atoms with Crippen LogP contribution in [0.4, 0.5) is 0 Å². The van der Waals surface area contributed by atoms with Crippen LogP contribution in [0.25, 0.3) is 10.9 Å². The van der Waals surface area contributed by atoms with E-state index in [9.17, 15) is 4.79 Å². The molecule has 1 heterocycles. The summed E-state index contributed by atoms with van der Waals surface area (Å²) in [5.74, 6) is 0.444. The molecular weight excluding hydrogens is 238 g/mol. The normalized spacial score (nSPS) is 10.2. The van der Waals surface area contributed by atoms with Gasteiger partial charge in [-0.05, 0) is 18.2 Å². The number of fused-ring (bicyclic) bond motifs is 1. The number of rotatable bonds is 4. The summed E-state index contributed by atoms with van der Waals surface area (Å²) in [4.78, 5) is 15.2. The average Bonchev–Trinajstić information content (AvgIpc) is 2.37. The summed E-state index contributed by atoms with van der Waals surface area (Å²) < 4.78 is 5.48. The van der Waals surface area contributed by atoms with Gasteiger partial charge in [0, 0.05) is 11.6 Å². The van der Waals surface area contributed by atoms with Crippen molar-refractivity contribution < 1.29 is 9.53 Å². The highest BCUT2D eigenvalue weighted by molar-refractivity contribution is 6.36. The third-order valence-corrected chi connectivity index (χ3v) is 2.61. The number of hydrogen-bond donors (Lipinski definition) is 0. The number of ether oxygens (including phenoxy) is 1. The van der Waals surface area contributed by atoms with E-state index >= 15 is 0 Å². The molecule has 0 aliphatic heterocycles. The first-order valence-corrected chi connectivity index (χ1v) is 5.42. The Hall–Kier alpha value is -1.87. The van der Waals surface area contributed by atoms with Gasteiger partial charge in [-0.2, -0.15) is 0 Å². The van der Waals surface area contributed by atoms with Gasteiger partial charge in [0.25, 0.3) is 0 Å². The molecule has 0 aliphatic carbocycles. The summed E-state index contributed by atoms with van der Waals surface area (Å²) >= 11 is 6.07. The Morgan fingerprint density at radius 3 is 3.06 bits per heavy atom. The Bertz CT molecular complexity index is 581. The zero-order valence-electron chi connectivity index (χ0n) is 9.02. The van der Waals surface area contributed by atoms with Crippen molar-refractivity contribution in [1.82, 2.24) is 4.98 Å². The number of carbonyl (C=O) groups excluding carboxylic acids is 1. The number of aldehydes is 1. The van der Waals surface area contributed by atoms with Crippen molar-refractivity contribution in [2.24, 2.45) is 0 Å². The third kappa shape index (κ3) is 2.15. The molecule has 4 heteroatoms. The van der Waals surface area contributed by atoms with Crippen LogP contribution in [-0.2, 0) is 0 Å². The van der Waals surface area contributed by atoms with E-state index < -0.39 is 0 Å². The van der Waals surface area contributed by atoms with Gasteiger partial charge in [0.1, 0.15) is 12.1 Å². The first-order valence-electron chi connectivity index (χ1n) is 5.04. The van der Waals surface area contributed by atoms with Crippen molar-refractivity contribution in [2.75, 3.05) is 6.61 Å². The molecular formula is C13H10ClNO2. The van der Waals surface area contributed by atoms with Gasteiger partial charge in [0.15, 0.2) is 12.0 Å². The maximum absolute atomic E-state index is 11.0. The molecule has 0 fully saturated rings. The fraction of sp³-hybridized carbons (Fsp3) is 0.0769. The van der Waals surface area contributed by atoms with Gasteiger partial charge in [0.05, 0.1) is 10.6 Å². The highest BCUT2D eigenvalue weighted by atomic mass is 35.5. The number of halogens is 1. The summed E-state index contributed by atoms with van der Waals surface area (Å²) in [6.45, 7) is 3.88. The van der Waals surface area contributed by atoms with E-state index in [4.69, 9.17) is 16.3 Å². The van der Waals surface area contributed by atoms with E-state index in [0.717, 1.165) is 5.39 Å². The molecule has 0 bridgehead atoms. The van der Waals surface area contributed by atoms with Crippen LogP contribution in [0.1, 0.15) is 10.4 Å². The lowest BCUT2D eigenvalue weighted by atomic mass is 10.1. The van der Waals surface area contributed by atoms with Gasteiger partial charge < -0.3 is 4.74 Å². The van der Waals surface area contributed by atoms with Gasteiger partial charge in [0.2, 0.25) is 0 Å². The Morgan fingerprint density at radius 1 is 1.53 bits per heavy atom. The number of nitrogens with zero attached hydrogens (tertiary/aromatic N) is 1. The summed E-state index contributed by atoms with van der Waals surface area (Å²) in [5.41, 5.74) is 0.979. The molecule has 0 saturated carbocycles. The number of hydrogen-bond acceptors (Lipinski definition) is 3. The van der Waals surface area contributed by atoms with Gasteiger partial charge >= 0.3 is 0 Å². The van der Waals surface area contributed by atoms with Crippen molar-refractivity contribution in [1.29, 1.82) is 0 Å². The molecule has 0 unspecified atom stereocenters. The standard InChI is InChI=1S/C13H10ClNO2/c1-2-6-17-13-9(8-16)7-11(14)10-4-3-5-15-12(10)13/h2-5,7-8H,1,6H2. The van der Waals surface area contributed by atoms with Gasteiger partial charge in [-0.3, -0.25) is 9.78 Å². The molecule has 17 heavy (non-hydrogen) atoms. The summed E-state index contributed by atoms with van der Waals surface area (Å²) in [6, 6.07) is 5.20. The molecule has 0 N–H and O–H groups in total. The molecule has 1 aromatic carbocycles. The van der Waals surface area contributed by atoms with Crippen LogP contribution in [0.5, 0.6) is 5.75 Å². The maximum atomic E-state index is 11.0. The monoisotopic (exact) mass is 247 g/mol. The lowest BCUT2D eigenvalue weighted by molar-refractivity contribution is 0.112. The average molecular weight is 248 g/mol. The first kappa shape index (κ1) is 11.6. The molecule has 0 amide bonds. The van der Waals surface area contributed by atoms with Crippen LogP contribution < -0.4 is 4.74 Å². The van der Waals surface area contributed by atoms with Gasteiger partial charge in [-0.1, -0.05) is 24.3 Å². The van der Waals surface area contributed by atoms with E-state index in [-0.39, 0.29) is 0 Å². The molecule has 86 valence electrons. The smallest absolute Gasteiger partial charge is 0.156 e. The Kier molecular flexibility index (Phi) is 3.40. The van der Waals surface area contributed by atoms with E-state index in [1.165, 1.54) is 0 Å². The minimum atomic E-state index is 0.314. The maximum Gasteiger partial charge on any atom is 0.156 e. The second kappa shape index (κ2) is 4.97. The molecule has 2 aromatic rings. The van der Waals surface area contributed by atoms with Crippen molar-refractivity contribution in [3.63, 3.8) is 0 Å². The lowest BCUT2D eigenvalue weighted by Gasteiger charge is -2.10. The van der Waals surface area contributed by atoms with Crippen LogP contribution in [-0.4, -0.2) is 17.9 Å². The Balaban J connectivity index is 2.71. The van der Waals surface area contributed by atoms with Gasteiger partial charge in [-0.25, -0.2) is 0 Å². The largest absolute Gasteiger partial charge is 0.486 e. The topological polar surface area (TPSA) is 39.2 Å². The van der Waals surface area contributed by atoms with Crippen molar-refractivity contribution >= 4 is 28.8 Å². The molecule has 0 atom stereocenters. The van der Waals surface area contributed by atoms with Crippen LogP contribution in [0.2, 0.25) is 5.02 Å². The second-order valence-corrected chi connectivity index (χ2v) is 3.80. The van der Waals surface area contributed by atoms with Gasteiger partial charge in [-0.15, -0.1) is 0 Å². The first-order chi connectivity index (χ1) is 8.27. The molecule has 0 spiro atoms. The number of carbonyl (C=O) groups is 1. The molecule has 0 radical (unpaired) electrons. The fourth-order valence-electron chi connectivity index (χ4n) is 1.58. The van der Waals surface area contributed by atoms with Crippen LogP contribution >= 0.6 is 11.6 Å².